The van der Waals surface area contributed by atoms with Gasteiger partial charge in [-0.1, -0.05) is 164 Å². The lowest BCUT2D eigenvalue weighted by atomic mass is 9.73. The molecule has 7 aromatic rings. The third-order valence-electron chi connectivity index (χ3n) is 14.5. The first-order valence-electron chi connectivity index (χ1n) is 24.7. The Balaban J connectivity index is 1.36. The molecule has 1 aliphatic carbocycles. The minimum atomic E-state index is -0.436. The van der Waals surface area contributed by atoms with Gasteiger partial charge in [-0.25, -0.2) is 0 Å². The van der Waals surface area contributed by atoms with Crippen molar-refractivity contribution in [3.8, 4) is 11.1 Å². The lowest BCUT2D eigenvalue weighted by Crippen LogP contribution is -2.24. The molecular weight excluding hydrogens is 797 g/mol. The summed E-state index contributed by atoms with van der Waals surface area (Å²) in [6.45, 7) is 32.2. The first kappa shape index (κ1) is 46.7. The molecule has 0 heterocycles. The lowest BCUT2D eigenvalue weighted by molar-refractivity contribution is 0.589. The molecule has 0 unspecified atom stereocenters. The molecule has 2 nitrogen and oxygen atoms in total. The van der Waals surface area contributed by atoms with E-state index in [0.29, 0.717) is 0 Å². The highest BCUT2D eigenvalue weighted by atomic mass is 15.2. The zero-order valence-corrected chi connectivity index (χ0v) is 42.6. The van der Waals surface area contributed by atoms with Crippen molar-refractivity contribution in [3.05, 3.63) is 200 Å². The van der Waals surface area contributed by atoms with Gasteiger partial charge in [0.05, 0.1) is 11.4 Å². The topological polar surface area (TPSA) is 6.48 Å². The summed E-state index contributed by atoms with van der Waals surface area (Å²) in [7, 11) is 0. The van der Waals surface area contributed by atoms with Crippen LogP contribution in [0.25, 0.3) is 11.1 Å². The van der Waals surface area contributed by atoms with Gasteiger partial charge in [0.15, 0.2) is 0 Å². The van der Waals surface area contributed by atoms with Gasteiger partial charge in [-0.15, -0.1) is 0 Å². The average Bonchev–Trinajstić information content (AvgIpc) is 3.52. The Morgan fingerprint density at radius 1 is 0.439 bits per heavy atom. The van der Waals surface area contributed by atoms with E-state index in [1.54, 1.807) is 0 Å². The Morgan fingerprint density at radius 3 is 1.24 bits per heavy atom. The summed E-state index contributed by atoms with van der Waals surface area (Å²) < 4.78 is 0. The highest BCUT2D eigenvalue weighted by molar-refractivity contribution is 5.91. The van der Waals surface area contributed by atoms with Crippen LogP contribution in [-0.4, -0.2) is 0 Å². The second kappa shape index (κ2) is 18.1. The maximum atomic E-state index is 2.53. The molecular formula is C64H74N2. The van der Waals surface area contributed by atoms with E-state index < -0.39 is 5.41 Å². The van der Waals surface area contributed by atoms with Gasteiger partial charge in [0, 0.05) is 28.2 Å². The van der Waals surface area contributed by atoms with Crippen molar-refractivity contribution in [2.24, 2.45) is 0 Å². The summed E-state index contributed by atoms with van der Waals surface area (Å²) in [5.74, 6) is 0. The molecule has 0 aromatic heterocycles. The molecule has 0 atom stereocenters. The number of hydrogen-bond donors (Lipinski definition) is 0. The molecule has 1 aliphatic rings. The van der Waals surface area contributed by atoms with Crippen molar-refractivity contribution >= 4 is 34.1 Å². The van der Waals surface area contributed by atoms with Gasteiger partial charge in [0.1, 0.15) is 0 Å². The van der Waals surface area contributed by atoms with Gasteiger partial charge in [0.25, 0.3) is 0 Å². The van der Waals surface area contributed by atoms with Gasteiger partial charge in [-0.2, -0.15) is 0 Å². The number of rotatable bonds is 12. The minimum Gasteiger partial charge on any atom is -0.310 e. The fraction of sp³-hybridized carbons (Fsp3) is 0.344. The van der Waals surface area contributed by atoms with Crippen LogP contribution >= 0.6 is 0 Å². The summed E-state index contributed by atoms with van der Waals surface area (Å²) in [6.07, 6.45) is 6.11. The fourth-order valence-corrected chi connectivity index (χ4v) is 10.6. The number of hydrogen-bond acceptors (Lipinski definition) is 2. The number of aryl methyl sites for hydroxylation is 7. The molecule has 0 N–H and O–H groups in total. The summed E-state index contributed by atoms with van der Waals surface area (Å²) in [5, 5.41) is 0. The quantitative estimate of drug-likeness (QED) is 0.113. The van der Waals surface area contributed by atoms with E-state index in [2.05, 4.69) is 240 Å². The van der Waals surface area contributed by atoms with Crippen LogP contribution < -0.4 is 9.80 Å². The molecule has 7 aromatic carbocycles. The fourth-order valence-electron chi connectivity index (χ4n) is 10.6. The van der Waals surface area contributed by atoms with Crippen LogP contribution in [0.2, 0.25) is 0 Å². The second-order valence-electron chi connectivity index (χ2n) is 21.9. The van der Waals surface area contributed by atoms with Gasteiger partial charge < -0.3 is 9.80 Å². The van der Waals surface area contributed by atoms with Gasteiger partial charge >= 0.3 is 0 Å². The van der Waals surface area contributed by atoms with E-state index in [1.165, 1.54) is 138 Å². The van der Waals surface area contributed by atoms with Crippen molar-refractivity contribution < 1.29 is 0 Å². The van der Waals surface area contributed by atoms with Crippen molar-refractivity contribution in [3.63, 3.8) is 0 Å². The van der Waals surface area contributed by atoms with E-state index in [4.69, 9.17) is 0 Å². The van der Waals surface area contributed by atoms with Crippen LogP contribution in [0.5, 0.6) is 0 Å². The number of fused-ring (bicyclic) bond motifs is 3. The summed E-state index contributed by atoms with van der Waals surface area (Å²) in [6, 6.07) is 52.0. The summed E-state index contributed by atoms with van der Waals surface area (Å²) in [4.78, 5) is 5.03. The molecule has 0 fully saturated rings. The molecule has 0 saturated heterocycles. The molecule has 0 amide bonds. The normalized spacial score (nSPS) is 13.1. The minimum absolute atomic E-state index is 0.0512. The number of benzene rings is 7. The maximum Gasteiger partial charge on any atom is 0.0520 e. The van der Waals surface area contributed by atoms with E-state index in [1.807, 2.05) is 0 Å². The van der Waals surface area contributed by atoms with E-state index in [9.17, 15) is 0 Å². The predicted octanol–water partition coefficient (Wildman–Crippen LogP) is 18.5. The van der Waals surface area contributed by atoms with Crippen LogP contribution in [0.15, 0.2) is 133 Å². The van der Waals surface area contributed by atoms with Crippen molar-refractivity contribution in [2.75, 3.05) is 9.80 Å². The Bertz CT molecular complexity index is 2660. The SMILES string of the molecule is CCCCCCc1cccc(C2(C)c3cc(N(c4ccc(C)cc4)c4c(C)cc(C(C)(C)C)cc4C)ccc3-c3ccc(N(c4ccc(C)cc4)c4c(C)cc(C(C)(C)C)cc4C)cc32)c1. The molecule has 8 rings (SSSR count). The molecule has 0 spiro atoms. The lowest BCUT2D eigenvalue weighted by Gasteiger charge is -2.34. The number of anilines is 6. The Kier molecular flexibility index (Phi) is 12.8. The summed E-state index contributed by atoms with van der Waals surface area (Å²) >= 11 is 0. The van der Waals surface area contributed by atoms with Crippen molar-refractivity contribution in [2.45, 2.75) is 145 Å². The van der Waals surface area contributed by atoms with E-state index in [0.717, 1.165) is 6.42 Å². The van der Waals surface area contributed by atoms with Crippen molar-refractivity contribution in [1.29, 1.82) is 0 Å². The zero-order valence-electron chi connectivity index (χ0n) is 42.6. The average molecular weight is 871 g/mol. The predicted molar refractivity (Wildman–Crippen MR) is 287 cm³/mol. The zero-order chi connectivity index (χ0) is 47.3. The molecule has 0 saturated carbocycles. The van der Waals surface area contributed by atoms with E-state index >= 15 is 0 Å². The standard InChI is InChI=1S/C64H74N2/c1-15-16-17-18-20-48-21-19-22-49(39-48)64(14)58-40-54(65(52-27-23-42(2)24-28-52)60-44(4)35-50(36-45(60)5)62(8,9)10)31-33-56(58)57-34-32-55(41-59(57)64)66(53-29-25-43(3)26-30-53)61-46(6)37-51(38-47(61)7)63(11,12)13/h19,21-41H,15-18,20H2,1-14H3. The van der Waals surface area contributed by atoms with Gasteiger partial charge in [-0.3, -0.25) is 0 Å². The van der Waals surface area contributed by atoms with E-state index in [-0.39, 0.29) is 10.8 Å². The molecule has 0 radical (unpaired) electrons. The Morgan fingerprint density at radius 2 is 0.848 bits per heavy atom. The Hall–Kier alpha value is -5.86. The van der Waals surface area contributed by atoms with Crippen molar-refractivity contribution in [1.82, 2.24) is 0 Å². The number of nitrogens with zero attached hydrogens (tertiary/aromatic N) is 2. The summed E-state index contributed by atoms with van der Waals surface area (Å²) in [5.41, 5.74) is 25.3. The van der Waals surface area contributed by atoms with Crippen LogP contribution in [0.4, 0.5) is 34.1 Å². The van der Waals surface area contributed by atoms with Crippen LogP contribution in [-0.2, 0) is 22.7 Å². The van der Waals surface area contributed by atoms with Crippen LogP contribution in [0.3, 0.4) is 0 Å². The molecule has 340 valence electrons. The number of unbranched alkanes of at least 4 members (excludes halogenated alkanes) is 3. The first-order chi connectivity index (χ1) is 31.3. The smallest absolute Gasteiger partial charge is 0.0520 e. The molecule has 2 heteroatoms. The van der Waals surface area contributed by atoms with Crippen LogP contribution in [0.1, 0.15) is 148 Å². The molecule has 0 bridgehead atoms. The first-order valence-corrected chi connectivity index (χ1v) is 24.7. The van der Waals surface area contributed by atoms with Gasteiger partial charge in [-0.05, 0) is 187 Å². The Labute approximate surface area is 398 Å². The molecule has 0 aliphatic heterocycles. The maximum absolute atomic E-state index is 2.53. The molecule has 66 heavy (non-hydrogen) atoms. The van der Waals surface area contributed by atoms with Gasteiger partial charge in [0.2, 0.25) is 0 Å². The highest BCUT2D eigenvalue weighted by Gasteiger charge is 2.42. The second-order valence-corrected chi connectivity index (χ2v) is 21.9. The third-order valence-corrected chi connectivity index (χ3v) is 14.5. The third kappa shape index (κ3) is 8.89. The van der Waals surface area contributed by atoms with Crippen LogP contribution in [0, 0.1) is 41.5 Å². The monoisotopic (exact) mass is 871 g/mol. The largest absolute Gasteiger partial charge is 0.310 e. The highest BCUT2D eigenvalue weighted by Crippen LogP contribution is 2.56.